The van der Waals surface area contributed by atoms with E-state index in [9.17, 15) is 10.1 Å². The van der Waals surface area contributed by atoms with E-state index < -0.39 is 4.92 Å². The van der Waals surface area contributed by atoms with Crippen LogP contribution >= 0.6 is 0 Å². The molecule has 0 saturated carbocycles. The van der Waals surface area contributed by atoms with E-state index in [0.717, 1.165) is 33.9 Å². The normalized spacial score (nSPS) is 10.8. The molecule has 0 aliphatic rings. The Balaban J connectivity index is 1.92. The summed E-state index contributed by atoms with van der Waals surface area (Å²) < 4.78 is 7.21. The molecule has 4 aromatic rings. The topological polar surface area (TPSA) is 69.7 Å². The van der Waals surface area contributed by atoms with Crippen molar-refractivity contribution in [1.29, 1.82) is 0 Å². The van der Waals surface area contributed by atoms with E-state index in [0.29, 0.717) is 0 Å². The molecular weight excluding hydrogens is 330 g/mol. The van der Waals surface area contributed by atoms with Crippen molar-refractivity contribution in [1.82, 2.24) is 9.38 Å². The highest BCUT2D eigenvalue weighted by atomic mass is 16.6. The number of nitrogens with zero attached hydrogens (tertiary/aromatic N) is 3. The summed E-state index contributed by atoms with van der Waals surface area (Å²) in [5.74, 6) is 0.773. The molecule has 0 radical (unpaired) electrons. The van der Waals surface area contributed by atoms with Gasteiger partial charge in [-0.25, -0.2) is 4.98 Å². The van der Waals surface area contributed by atoms with Gasteiger partial charge in [0.25, 0.3) is 5.69 Å². The summed E-state index contributed by atoms with van der Waals surface area (Å²) in [6, 6.07) is 20.0. The molecule has 6 nitrogen and oxygen atoms in total. The molecule has 2 aromatic carbocycles. The number of hydrogen-bond acceptors (Lipinski definition) is 4. The van der Waals surface area contributed by atoms with E-state index in [1.807, 2.05) is 53.1 Å². The molecule has 0 atom stereocenters. The molecule has 6 heteroatoms. The fourth-order valence-electron chi connectivity index (χ4n) is 2.96. The lowest BCUT2D eigenvalue weighted by atomic mass is 10.0. The molecule has 0 saturated heterocycles. The van der Waals surface area contributed by atoms with Gasteiger partial charge in [-0.15, -0.1) is 0 Å². The lowest BCUT2D eigenvalue weighted by Crippen LogP contribution is -1.91. The highest BCUT2D eigenvalue weighted by Crippen LogP contribution is 2.34. The number of nitro groups is 1. The van der Waals surface area contributed by atoms with Crippen molar-refractivity contribution in [3.05, 3.63) is 83.0 Å². The third kappa shape index (κ3) is 2.67. The zero-order chi connectivity index (χ0) is 18.1. The predicted octanol–water partition coefficient (Wildman–Crippen LogP) is 4.59. The highest BCUT2D eigenvalue weighted by Gasteiger charge is 2.16. The van der Waals surface area contributed by atoms with Crippen LogP contribution in [-0.4, -0.2) is 21.4 Å². The van der Waals surface area contributed by atoms with Gasteiger partial charge in [-0.3, -0.25) is 14.5 Å². The molecule has 2 aromatic heterocycles. The molecule has 2 heterocycles. The number of pyridine rings is 1. The smallest absolute Gasteiger partial charge is 0.269 e. The van der Waals surface area contributed by atoms with Crippen LogP contribution in [0, 0.1) is 10.1 Å². The van der Waals surface area contributed by atoms with Crippen LogP contribution in [0.3, 0.4) is 0 Å². The molecule has 0 unspecified atom stereocenters. The second kappa shape index (κ2) is 6.33. The lowest BCUT2D eigenvalue weighted by molar-refractivity contribution is -0.384. The number of hydrogen-bond donors (Lipinski definition) is 0. The maximum Gasteiger partial charge on any atom is 0.269 e. The van der Waals surface area contributed by atoms with Gasteiger partial charge in [0.2, 0.25) is 0 Å². The summed E-state index contributed by atoms with van der Waals surface area (Å²) in [7, 11) is 1.63. The van der Waals surface area contributed by atoms with Gasteiger partial charge < -0.3 is 4.74 Å². The van der Waals surface area contributed by atoms with E-state index in [4.69, 9.17) is 9.72 Å². The van der Waals surface area contributed by atoms with Crippen molar-refractivity contribution in [3.8, 4) is 28.3 Å². The Labute approximate surface area is 149 Å². The van der Waals surface area contributed by atoms with Crippen molar-refractivity contribution in [3.63, 3.8) is 0 Å². The Bertz CT molecular complexity index is 1080. The monoisotopic (exact) mass is 345 g/mol. The first-order chi connectivity index (χ1) is 12.7. The molecule has 128 valence electrons. The predicted molar refractivity (Wildman–Crippen MR) is 99.3 cm³/mol. The average Bonchev–Trinajstić information content (AvgIpc) is 3.07. The molecule has 0 spiro atoms. The van der Waals surface area contributed by atoms with Crippen LogP contribution in [0.5, 0.6) is 5.75 Å². The van der Waals surface area contributed by atoms with Crippen LogP contribution in [0.25, 0.3) is 28.2 Å². The summed E-state index contributed by atoms with van der Waals surface area (Å²) in [4.78, 5) is 15.3. The minimum atomic E-state index is -0.400. The maximum absolute atomic E-state index is 10.9. The van der Waals surface area contributed by atoms with Gasteiger partial charge in [-0.2, -0.15) is 0 Å². The van der Waals surface area contributed by atoms with Gasteiger partial charge in [0, 0.05) is 29.5 Å². The van der Waals surface area contributed by atoms with Crippen molar-refractivity contribution >= 4 is 11.3 Å². The fraction of sp³-hybridized carbons (Fsp3) is 0.0500. The van der Waals surface area contributed by atoms with Gasteiger partial charge in [0.05, 0.1) is 23.4 Å². The van der Waals surface area contributed by atoms with Crippen molar-refractivity contribution in [2.45, 2.75) is 0 Å². The van der Waals surface area contributed by atoms with Crippen LogP contribution in [0.1, 0.15) is 0 Å². The Kier molecular flexibility index (Phi) is 3.85. The van der Waals surface area contributed by atoms with E-state index >= 15 is 0 Å². The molecular formula is C20H15N3O3. The minimum absolute atomic E-state index is 0.0635. The first-order valence-electron chi connectivity index (χ1n) is 8.04. The van der Waals surface area contributed by atoms with E-state index in [1.54, 1.807) is 19.2 Å². The molecule has 0 aliphatic heterocycles. The Morgan fingerprint density at radius 3 is 2.31 bits per heavy atom. The number of non-ortho nitro benzene ring substituents is 1. The molecule has 4 rings (SSSR count). The first kappa shape index (κ1) is 15.8. The standard InChI is InChI=1S/C20H15N3O3/c1-26-17-11-7-14(8-12-17)19-20(22-13-3-2-4-18(22)21-19)15-5-9-16(10-6-15)23(24)25/h2-13H,1H3. The van der Waals surface area contributed by atoms with Gasteiger partial charge in [-0.1, -0.05) is 6.07 Å². The second-order valence-corrected chi connectivity index (χ2v) is 5.77. The number of aromatic nitrogens is 2. The summed E-state index contributed by atoms with van der Waals surface area (Å²) in [5, 5.41) is 10.9. The first-order valence-corrected chi connectivity index (χ1v) is 8.04. The van der Waals surface area contributed by atoms with Crippen LogP contribution < -0.4 is 4.74 Å². The third-order valence-electron chi connectivity index (χ3n) is 4.24. The fourth-order valence-corrected chi connectivity index (χ4v) is 2.96. The van der Waals surface area contributed by atoms with E-state index in [-0.39, 0.29) is 5.69 Å². The molecule has 0 bridgehead atoms. The van der Waals surface area contributed by atoms with Gasteiger partial charge in [0.1, 0.15) is 11.4 Å². The molecule has 0 amide bonds. The summed E-state index contributed by atoms with van der Waals surface area (Å²) in [6.45, 7) is 0. The third-order valence-corrected chi connectivity index (χ3v) is 4.24. The maximum atomic E-state index is 10.9. The van der Waals surface area contributed by atoms with Crippen molar-refractivity contribution in [2.75, 3.05) is 7.11 Å². The molecule has 0 N–H and O–H groups in total. The van der Waals surface area contributed by atoms with Crippen LogP contribution in [0.2, 0.25) is 0 Å². The minimum Gasteiger partial charge on any atom is -0.497 e. The van der Waals surface area contributed by atoms with Crippen molar-refractivity contribution < 1.29 is 9.66 Å². The highest BCUT2D eigenvalue weighted by molar-refractivity contribution is 5.82. The van der Waals surface area contributed by atoms with Crippen LogP contribution in [0.4, 0.5) is 5.69 Å². The molecule has 0 fully saturated rings. The number of fused-ring (bicyclic) bond motifs is 1. The second-order valence-electron chi connectivity index (χ2n) is 5.77. The van der Waals surface area contributed by atoms with Gasteiger partial charge >= 0.3 is 0 Å². The Morgan fingerprint density at radius 2 is 1.65 bits per heavy atom. The Hall–Kier alpha value is -3.67. The largest absolute Gasteiger partial charge is 0.497 e. The number of ether oxygens (including phenoxy) is 1. The zero-order valence-corrected chi connectivity index (χ0v) is 14.0. The quantitative estimate of drug-likeness (QED) is 0.401. The Morgan fingerprint density at radius 1 is 0.962 bits per heavy atom. The summed E-state index contributed by atoms with van der Waals surface area (Å²) >= 11 is 0. The summed E-state index contributed by atoms with van der Waals surface area (Å²) in [5.41, 5.74) is 4.39. The van der Waals surface area contributed by atoms with Crippen LogP contribution in [0.15, 0.2) is 72.9 Å². The van der Waals surface area contributed by atoms with E-state index in [2.05, 4.69) is 0 Å². The van der Waals surface area contributed by atoms with Crippen LogP contribution in [-0.2, 0) is 0 Å². The number of imidazole rings is 1. The number of nitro benzene ring substituents is 1. The molecule has 0 aliphatic carbocycles. The average molecular weight is 345 g/mol. The lowest BCUT2D eigenvalue weighted by Gasteiger charge is -2.06. The molecule has 26 heavy (non-hydrogen) atoms. The number of methoxy groups -OCH3 is 1. The number of rotatable bonds is 4. The number of benzene rings is 2. The SMILES string of the molecule is COc1ccc(-c2nc3ccccn3c2-c2ccc([N+](=O)[O-])cc2)cc1. The van der Waals surface area contributed by atoms with Gasteiger partial charge in [0.15, 0.2) is 0 Å². The zero-order valence-electron chi connectivity index (χ0n) is 14.0. The van der Waals surface area contributed by atoms with E-state index in [1.165, 1.54) is 12.1 Å². The summed E-state index contributed by atoms with van der Waals surface area (Å²) in [6.07, 6.45) is 1.94. The van der Waals surface area contributed by atoms with Crippen molar-refractivity contribution in [2.24, 2.45) is 0 Å². The van der Waals surface area contributed by atoms with Gasteiger partial charge in [-0.05, 0) is 48.5 Å².